The molecule has 0 radical (unpaired) electrons. The summed E-state index contributed by atoms with van der Waals surface area (Å²) in [5, 5.41) is 20.1. The minimum absolute atomic E-state index is 0.0535. The minimum atomic E-state index is -4.18. The first-order valence-electron chi connectivity index (χ1n) is 8.50. The average Bonchev–Trinajstić information content (AvgIpc) is 2.66. The van der Waals surface area contributed by atoms with Crippen LogP contribution < -0.4 is 0 Å². The highest BCUT2D eigenvalue weighted by atomic mass is 32.2. The molecule has 8 heteroatoms. The first-order chi connectivity index (χ1) is 12.9. The Morgan fingerprint density at radius 1 is 1.07 bits per heavy atom. The van der Waals surface area contributed by atoms with Gasteiger partial charge in [0.2, 0.25) is 0 Å². The molecule has 0 aliphatic carbocycles. The van der Waals surface area contributed by atoms with Crippen molar-refractivity contribution in [1.82, 2.24) is 0 Å². The summed E-state index contributed by atoms with van der Waals surface area (Å²) in [6.07, 6.45) is -5.30. The second kappa shape index (κ2) is 8.47. The molecule has 0 amide bonds. The number of hydrogen-bond donors (Lipinski definition) is 2. The lowest BCUT2D eigenvalue weighted by molar-refractivity contribution is -0.266. The van der Waals surface area contributed by atoms with Gasteiger partial charge in [0, 0.05) is 0 Å². The third kappa shape index (κ3) is 4.92. The lowest BCUT2D eigenvalue weighted by Gasteiger charge is -2.37. The summed E-state index contributed by atoms with van der Waals surface area (Å²) in [5.74, 6) is 0. The summed E-state index contributed by atoms with van der Waals surface area (Å²) >= 11 is 0. The SMILES string of the molecule is Cc1ccc(S(=O)(=O)O[C@@H]2[C@H](OCc3ccccc3)OC[C@@H](O)[C@H]2O)cc1. The highest BCUT2D eigenvalue weighted by Crippen LogP contribution is 2.25. The molecule has 7 nitrogen and oxygen atoms in total. The maximum Gasteiger partial charge on any atom is 0.297 e. The van der Waals surface area contributed by atoms with Gasteiger partial charge in [-0.1, -0.05) is 48.0 Å². The van der Waals surface area contributed by atoms with Crippen molar-refractivity contribution in [1.29, 1.82) is 0 Å². The molecule has 146 valence electrons. The molecule has 4 atom stereocenters. The second-order valence-corrected chi connectivity index (χ2v) is 7.96. The van der Waals surface area contributed by atoms with Crippen molar-refractivity contribution >= 4 is 10.1 Å². The molecule has 1 saturated heterocycles. The fourth-order valence-electron chi connectivity index (χ4n) is 2.67. The van der Waals surface area contributed by atoms with Crippen LogP contribution in [0.5, 0.6) is 0 Å². The topological polar surface area (TPSA) is 102 Å². The Balaban J connectivity index is 1.76. The number of ether oxygens (including phenoxy) is 2. The molecule has 0 bridgehead atoms. The van der Waals surface area contributed by atoms with Crippen LogP contribution in [0.1, 0.15) is 11.1 Å². The van der Waals surface area contributed by atoms with Gasteiger partial charge in [0.1, 0.15) is 12.2 Å². The molecule has 1 fully saturated rings. The van der Waals surface area contributed by atoms with Crippen LogP contribution >= 0.6 is 0 Å². The van der Waals surface area contributed by atoms with E-state index in [4.69, 9.17) is 13.7 Å². The molecular weight excluding hydrogens is 372 g/mol. The molecule has 0 unspecified atom stereocenters. The molecule has 1 aliphatic heterocycles. The predicted octanol–water partition coefficient (Wildman–Crippen LogP) is 1.36. The third-order valence-electron chi connectivity index (χ3n) is 4.23. The van der Waals surface area contributed by atoms with E-state index in [2.05, 4.69) is 0 Å². The van der Waals surface area contributed by atoms with Crippen LogP contribution in [0.25, 0.3) is 0 Å². The van der Waals surface area contributed by atoms with E-state index in [1.165, 1.54) is 12.1 Å². The van der Waals surface area contributed by atoms with Crippen molar-refractivity contribution in [2.75, 3.05) is 6.61 Å². The zero-order valence-corrected chi connectivity index (χ0v) is 15.6. The van der Waals surface area contributed by atoms with E-state index in [1.54, 1.807) is 12.1 Å². The van der Waals surface area contributed by atoms with Gasteiger partial charge in [-0.05, 0) is 24.6 Å². The Hall–Kier alpha value is -1.81. The number of benzene rings is 2. The Morgan fingerprint density at radius 3 is 2.41 bits per heavy atom. The number of rotatable bonds is 6. The van der Waals surface area contributed by atoms with E-state index in [1.807, 2.05) is 37.3 Å². The molecule has 27 heavy (non-hydrogen) atoms. The Labute approximate surface area is 158 Å². The van der Waals surface area contributed by atoms with Crippen LogP contribution in [-0.4, -0.2) is 49.8 Å². The van der Waals surface area contributed by atoms with Gasteiger partial charge in [-0.15, -0.1) is 0 Å². The van der Waals surface area contributed by atoms with Gasteiger partial charge in [-0.25, -0.2) is 0 Å². The highest BCUT2D eigenvalue weighted by molar-refractivity contribution is 7.86. The molecule has 3 rings (SSSR count). The van der Waals surface area contributed by atoms with Crippen LogP contribution in [0.4, 0.5) is 0 Å². The van der Waals surface area contributed by atoms with E-state index < -0.39 is 34.7 Å². The van der Waals surface area contributed by atoms with Crippen molar-refractivity contribution in [2.24, 2.45) is 0 Å². The summed E-state index contributed by atoms with van der Waals surface area (Å²) in [6, 6.07) is 15.3. The van der Waals surface area contributed by atoms with E-state index in [0.29, 0.717) is 0 Å². The largest absolute Gasteiger partial charge is 0.388 e. The smallest absolute Gasteiger partial charge is 0.297 e. The van der Waals surface area contributed by atoms with E-state index in [0.717, 1.165) is 11.1 Å². The molecule has 0 spiro atoms. The standard InChI is InChI=1S/C19H22O7S/c1-13-7-9-15(10-8-13)27(22,23)26-18-17(21)16(20)12-25-19(18)24-11-14-5-3-2-4-6-14/h2-10,16-21H,11-12H2,1H3/t16-,17-,18+,19-/m1/s1. The summed E-state index contributed by atoms with van der Waals surface area (Å²) in [7, 11) is -4.18. The van der Waals surface area contributed by atoms with Crippen molar-refractivity contribution in [3.05, 3.63) is 65.7 Å². The first-order valence-corrected chi connectivity index (χ1v) is 9.91. The maximum atomic E-state index is 12.6. The number of aliphatic hydroxyl groups is 2. The lowest BCUT2D eigenvalue weighted by atomic mass is 10.1. The van der Waals surface area contributed by atoms with E-state index >= 15 is 0 Å². The summed E-state index contributed by atoms with van der Waals surface area (Å²) in [6.45, 7) is 1.78. The fourth-order valence-corrected chi connectivity index (χ4v) is 3.75. The number of hydrogen-bond acceptors (Lipinski definition) is 7. The van der Waals surface area contributed by atoms with E-state index in [-0.39, 0.29) is 18.1 Å². The van der Waals surface area contributed by atoms with Crippen molar-refractivity contribution in [3.8, 4) is 0 Å². The van der Waals surface area contributed by atoms with Gasteiger partial charge in [0.05, 0.1) is 18.1 Å². The quantitative estimate of drug-likeness (QED) is 0.713. The molecule has 1 aliphatic rings. The predicted molar refractivity (Wildman–Crippen MR) is 96.2 cm³/mol. The van der Waals surface area contributed by atoms with Crippen molar-refractivity contribution in [3.63, 3.8) is 0 Å². The highest BCUT2D eigenvalue weighted by Gasteiger charge is 2.43. The minimum Gasteiger partial charge on any atom is -0.388 e. The first kappa shape index (κ1) is 19.9. The van der Waals surface area contributed by atoms with Crippen molar-refractivity contribution < 1.29 is 32.3 Å². The van der Waals surface area contributed by atoms with Crippen LogP contribution in [-0.2, 0) is 30.4 Å². The second-order valence-electron chi connectivity index (χ2n) is 6.38. The average molecular weight is 394 g/mol. The normalized spacial score (nSPS) is 26.0. The molecule has 2 N–H and O–H groups in total. The van der Waals surface area contributed by atoms with Gasteiger partial charge in [-0.2, -0.15) is 8.42 Å². The Bertz CT molecular complexity index is 836. The molecular formula is C19H22O7S. The number of aryl methyl sites for hydroxylation is 1. The van der Waals surface area contributed by atoms with Crippen LogP contribution in [0.15, 0.2) is 59.5 Å². The van der Waals surface area contributed by atoms with Gasteiger partial charge < -0.3 is 19.7 Å². The Kier molecular flexibility index (Phi) is 6.25. The van der Waals surface area contributed by atoms with Gasteiger partial charge >= 0.3 is 0 Å². The van der Waals surface area contributed by atoms with Gasteiger partial charge in [-0.3, -0.25) is 4.18 Å². The van der Waals surface area contributed by atoms with Crippen LogP contribution in [0, 0.1) is 6.92 Å². The molecule has 0 saturated carbocycles. The summed E-state index contributed by atoms with van der Waals surface area (Å²) < 4.78 is 41.3. The van der Waals surface area contributed by atoms with Crippen LogP contribution in [0.2, 0.25) is 0 Å². The third-order valence-corrected chi connectivity index (χ3v) is 5.56. The Morgan fingerprint density at radius 2 is 1.74 bits per heavy atom. The van der Waals surface area contributed by atoms with Gasteiger partial charge in [0.25, 0.3) is 10.1 Å². The molecule has 0 aromatic heterocycles. The summed E-state index contributed by atoms with van der Waals surface area (Å²) in [5.41, 5.74) is 1.75. The zero-order chi connectivity index (χ0) is 19.4. The maximum absolute atomic E-state index is 12.6. The summed E-state index contributed by atoms with van der Waals surface area (Å²) in [4.78, 5) is -0.0535. The van der Waals surface area contributed by atoms with Crippen LogP contribution in [0.3, 0.4) is 0 Å². The van der Waals surface area contributed by atoms with Gasteiger partial charge in [0.15, 0.2) is 12.4 Å². The van der Waals surface area contributed by atoms with Crippen molar-refractivity contribution in [2.45, 2.75) is 43.0 Å². The monoisotopic (exact) mass is 394 g/mol. The molecule has 1 heterocycles. The molecule has 2 aromatic carbocycles. The van der Waals surface area contributed by atoms with E-state index in [9.17, 15) is 18.6 Å². The molecule has 2 aromatic rings. The number of aliphatic hydroxyl groups excluding tert-OH is 2. The lowest BCUT2D eigenvalue weighted by Crippen LogP contribution is -2.55. The fraction of sp³-hybridized carbons (Fsp3) is 0.368. The zero-order valence-electron chi connectivity index (χ0n) is 14.8.